The number of carbonyl (C=O) groups excluding carboxylic acids is 3. The van der Waals surface area contributed by atoms with Crippen molar-refractivity contribution in [2.24, 2.45) is 11.8 Å². The normalized spacial score (nSPS) is 15.9. The zero-order valence-corrected chi connectivity index (χ0v) is 26.8. The topological polar surface area (TPSA) is 199 Å². The number of likely N-dealkylation sites (tertiary alicyclic amines) is 1. The van der Waals surface area contributed by atoms with Crippen LogP contribution in [0.1, 0.15) is 65.7 Å². The number of nitrogens with zero attached hydrogens (tertiary/aromatic N) is 1. The molecule has 3 amide bonds. The van der Waals surface area contributed by atoms with Gasteiger partial charge in [-0.05, 0) is 37.3 Å². The number of rotatable bonds is 14. The zero-order valence-electron chi connectivity index (χ0n) is 26.8. The molecular formula is C34H43N3O10. The molecule has 2 heterocycles. The standard InChI is InChI=1S/C34H43N3O10/c1-4-5-6-9-21(15-28(40)36-45)33(43)35-30(19(2)3)34(44)37-13-8-11-22(37)18-46-23-12-7-10-20(14-23)26-16-24(38)29-27(47-26)17-25(39)31(41)32(29)42/h7,10,12,14,16-17,19,21-22,30,39,41-42,45H,4-6,8-9,11,13,15,18H2,1-3H3,(H,35,43)(H,36,40)/t21?,22-,30?/m0/s1. The predicted molar refractivity (Wildman–Crippen MR) is 172 cm³/mol. The fourth-order valence-corrected chi connectivity index (χ4v) is 5.85. The molecule has 254 valence electrons. The first-order valence-corrected chi connectivity index (χ1v) is 15.9. The molecular weight excluding hydrogens is 610 g/mol. The minimum Gasteiger partial charge on any atom is -0.504 e. The Kier molecular flexibility index (Phi) is 11.7. The number of aromatic hydroxyl groups is 3. The molecule has 0 radical (unpaired) electrons. The number of ether oxygens (including phenoxy) is 1. The molecule has 1 saturated heterocycles. The lowest BCUT2D eigenvalue weighted by atomic mass is 9.94. The fraction of sp³-hybridized carbons (Fsp3) is 0.471. The number of hydrogen-bond acceptors (Lipinski definition) is 10. The Labute approximate surface area is 272 Å². The molecule has 4 rings (SSSR count). The van der Waals surface area contributed by atoms with E-state index >= 15 is 0 Å². The van der Waals surface area contributed by atoms with Crippen molar-refractivity contribution in [2.45, 2.75) is 77.8 Å². The van der Waals surface area contributed by atoms with Crippen molar-refractivity contribution in [1.82, 2.24) is 15.7 Å². The summed E-state index contributed by atoms with van der Waals surface area (Å²) < 4.78 is 11.9. The third-order valence-corrected chi connectivity index (χ3v) is 8.48. The minimum absolute atomic E-state index is 0.109. The van der Waals surface area contributed by atoms with E-state index < -0.39 is 46.5 Å². The van der Waals surface area contributed by atoms with E-state index in [2.05, 4.69) is 5.32 Å². The van der Waals surface area contributed by atoms with Crippen molar-refractivity contribution in [2.75, 3.05) is 13.2 Å². The summed E-state index contributed by atoms with van der Waals surface area (Å²) in [5.41, 5.74) is 1.35. The smallest absolute Gasteiger partial charge is 0.245 e. The van der Waals surface area contributed by atoms with E-state index in [0.29, 0.717) is 30.7 Å². The first-order chi connectivity index (χ1) is 22.4. The van der Waals surface area contributed by atoms with E-state index in [1.807, 2.05) is 20.8 Å². The lowest BCUT2D eigenvalue weighted by Gasteiger charge is -2.32. The van der Waals surface area contributed by atoms with E-state index in [-0.39, 0.29) is 47.6 Å². The van der Waals surface area contributed by atoms with Gasteiger partial charge >= 0.3 is 0 Å². The summed E-state index contributed by atoms with van der Waals surface area (Å²) in [7, 11) is 0. The largest absolute Gasteiger partial charge is 0.504 e. The van der Waals surface area contributed by atoms with Gasteiger partial charge in [0.05, 0.1) is 6.04 Å². The number of fused-ring (bicyclic) bond motifs is 1. The number of carbonyl (C=O) groups is 3. The Bertz CT molecular complexity index is 1650. The highest BCUT2D eigenvalue weighted by atomic mass is 16.5. The lowest BCUT2D eigenvalue weighted by molar-refractivity contribution is -0.140. The second-order valence-electron chi connectivity index (χ2n) is 12.3. The molecule has 2 aromatic carbocycles. The van der Waals surface area contributed by atoms with Gasteiger partial charge in [-0.15, -0.1) is 0 Å². The van der Waals surface area contributed by atoms with Crippen LogP contribution in [-0.2, 0) is 14.4 Å². The second-order valence-corrected chi connectivity index (χ2v) is 12.3. The summed E-state index contributed by atoms with van der Waals surface area (Å²) in [6.45, 7) is 6.40. The number of phenolic OH excluding ortho intramolecular Hbond substituents is 3. The van der Waals surface area contributed by atoms with Crippen molar-refractivity contribution in [3.05, 3.63) is 46.6 Å². The highest BCUT2D eigenvalue weighted by Crippen LogP contribution is 2.40. The van der Waals surface area contributed by atoms with Crippen LogP contribution in [-0.4, -0.2) is 68.4 Å². The van der Waals surface area contributed by atoms with Gasteiger partial charge in [-0.25, -0.2) is 5.48 Å². The van der Waals surface area contributed by atoms with Crippen LogP contribution in [0, 0.1) is 11.8 Å². The first kappa shape index (κ1) is 35.1. The molecule has 3 aromatic rings. The average molecular weight is 654 g/mol. The Balaban J connectivity index is 1.46. The van der Waals surface area contributed by atoms with Gasteiger partial charge in [0, 0.05) is 36.6 Å². The summed E-state index contributed by atoms with van der Waals surface area (Å²) >= 11 is 0. The molecule has 3 atom stereocenters. The van der Waals surface area contributed by atoms with E-state index in [9.17, 15) is 34.5 Å². The van der Waals surface area contributed by atoms with Gasteiger partial charge in [0.1, 0.15) is 35.1 Å². The van der Waals surface area contributed by atoms with Crippen molar-refractivity contribution in [3.63, 3.8) is 0 Å². The maximum absolute atomic E-state index is 13.8. The molecule has 1 aliphatic heterocycles. The molecule has 1 aliphatic rings. The van der Waals surface area contributed by atoms with Crippen molar-refractivity contribution < 1.29 is 44.1 Å². The van der Waals surface area contributed by atoms with E-state index in [4.69, 9.17) is 14.4 Å². The van der Waals surface area contributed by atoms with Crippen LogP contribution in [0.4, 0.5) is 0 Å². The molecule has 0 spiro atoms. The lowest BCUT2D eigenvalue weighted by Crippen LogP contribution is -2.54. The Morgan fingerprint density at radius 3 is 2.55 bits per heavy atom. The summed E-state index contributed by atoms with van der Waals surface area (Å²) in [5, 5.41) is 41.4. The number of hydrogen-bond donors (Lipinski definition) is 6. The molecule has 13 nitrogen and oxygen atoms in total. The van der Waals surface area contributed by atoms with E-state index in [0.717, 1.165) is 31.7 Å². The van der Waals surface area contributed by atoms with Crippen LogP contribution in [0.2, 0.25) is 0 Å². The molecule has 0 saturated carbocycles. The highest BCUT2D eigenvalue weighted by molar-refractivity contribution is 5.91. The van der Waals surface area contributed by atoms with Gasteiger partial charge < -0.3 is 34.7 Å². The third-order valence-electron chi connectivity index (χ3n) is 8.48. The monoisotopic (exact) mass is 653 g/mol. The summed E-state index contributed by atoms with van der Waals surface area (Å²) in [4.78, 5) is 53.4. The Morgan fingerprint density at radius 2 is 1.85 bits per heavy atom. The highest BCUT2D eigenvalue weighted by Gasteiger charge is 2.37. The molecule has 2 unspecified atom stereocenters. The summed E-state index contributed by atoms with van der Waals surface area (Å²) in [5.74, 6) is -3.81. The van der Waals surface area contributed by atoms with E-state index in [1.54, 1.807) is 34.6 Å². The van der Waals surface area contributed by atoms with E-state index in [1.165, 1.54) is 6.07 Å². The number of benzene rings is 2. The molecule has 0 aliphatic carbocycles. The number of nitrogens with one attached hydrogen (secondary N) is 2. The van der Waals surface area contributed by atoms with Gasteiger partial charge in [0.25, 0.3) is 0 Å². The molecule has 6 N–H and O–H groups in total. The zero-order chi connectivity index (χ0) is 34.2. The van der Waals surface area contributed by atoms with Gasteiger partial charge in [-0.1, -0.05) is 52.2 Å². The quantitative estimate of drug-likeness (QED) is 0.0635. The van der Waals surface area contributed by atoms with Gasteiger partial charge in [-0.3, -0.25) is 24.4 Å². The van der Waals surface area contributed by atoms with Crippen molar-refractivity contribution in [3.8, 4) is 34.3 Å². The first-order valence-electron chi connectivity index (χ1n) is 15.9. The molecule has 1 aromatic heterocycles. The van der Waals surface area contributed by atoms with Crippen LogP contribution < -0.4 is 21.0 Å². The number of unbranched alkanes of at least 4 members (excludes halogenated alkanes) is 2. The molecule has 0 bridgehead atoms. The van der Waals surface area contributed by atoms with Crippen LogP contribution in [0.15, 0.2) is 45.6 Å². The van der Waals surface area contributed by atoms with Gasteiger partial charge in [0.2, 0.25) is 23.5 Å². The predicted octanol–water partition coefficient (Wildman–Crippen LogP) is 4.18. The molecule has 47 heavy (non-hydrogen) atoms. The third kappa shape index (κ3) is 8.33. The summed E-state index contributed by atoms with van der Waals surface area (Å²) in [6, 6.07) is 7.92. The van der Waals surface area contributed by atoms with Crippen LogP contribution in [0.5, 0.6) is 23.0 Å². The fourth-order valence-electron chi connectivity index (χ4n) is 5.85. The maximum Gasteiger partial charge on any atom is 0.245 e. The average Bonchev–Trinajstić information content (AvgIpc) is 3.52. The number of phenols is 3. The van der Waals surface area contributed by atoms with Crippen LogP contribution in [0.25, 0.3) is 22.3 Å². The molecule has 13 heteroatoms. The number of amides is 3. The Hall–Kier alpha value is -4.78. The summed E-state index contributed by atoms with van der Waals surface area (Å²) in [6.07, 6.45) is 4.31. The van der Waals surface area contributed by atoms with Crippen molar-refractivity contribution >= 4 is 28.7 Å². The number of hydroxylamine groups is 1. The Morgan fingerprint density at radius 1 is 1.09 bits per heavy atom. The van der Waals surface area contributed by atoms with Gasteiger partial charge in [-0.2, -0.15) is 0 Å². The van der Waals surface area contributed by atoms with Crippen LogP contribution in [0.3, 0.4) is 0 Å². The maximum atomic E-state index is 13.8. The van der Waals surface area contributed by atoms with Crippen LogP contribution >= 0.6 is 0 Å². The second kappa shape index (κ2) is 15.7. The minimum atomic E-state index is -0.812. The SMILES string of the molecule is CCCCCC(CC(=O)NO)C(=O)NC(C(=O)N1CCC[C@H]1COc1cccc(-c2cc(=O)c3c(O)c(O)c(O)cc3o2)c1)C(C)C. The molecule has 1 fully saturated rings. The van der Waals surface area contributed by atoms with Gasteiger partial charge in [0.15, 0.2) is 16.9 Å². The van der Waals surface area contributed by atoms with Crippen molar-refractivity contribution in [1.29, 1.82) is 0 Å².